The molecule has 0 bridgehead atoms. The fourth-order valence-corrected chi connectivity index (χ4v) is 2.70. The molecule has 0 amide bonds. The van der Waals surface area contributed by atoms with Crippen LogP contribution in [-0.2, 0) is 0 Å². The summed E-state index contributed by atoms with van der Waals surface area (Å²) in [7, 11) is 0. The summed E-state index contributed by atoms with van der Waals surface area (Å²) in [6, 6.07) is 17.8. The minimum atomic E-state index is 0.471. The number of benzene rings is 2. The molecule has 0 N–H and O–H groups in total. The van der Waals surface area contributed by atoms with Crippen LogP contribution < -0.4 is 8.06 Å². The van der Waals surface area contributed by atoms with Gasteiger partial charge in [0.25, 0.3) is 0 Å². The molecule has 19 heavy (non-hydrogen) atoms. The number of ether oxygens (including phenoxy) is 1. The van der Waals surface area contributed by atoms with E-state index in [9.17, 15) is 0 Å². The summed E-state index contributed by atoms with van der Waals surface area (Å²) in [4.78, 5) is 4.31. The van der Waals surface area contributed by atoms with Gasteiger partial charge < -0.3 is 0 Å². The Balaban J connectivity index is 2.13. The standard InChI is InChI=1S/C16H10NO.In/c1-12-11-13-7-5-6-10-15(13)16(17-12)18-14-8-3-2-4-9-14;/h1-8,10-11H;. The number of pyridine rings is 1. The number of para-hydroxylation sites is 1. The monoisotopic (exact) mass is 347 g/mol. The van der Waals surface area contributed by atoms with Gasteiger partial charge in [0, 0.05) is 0 Å². The first-order valence-corrected chi connectivity index (χ1v) is 7.56. The summed E-state index contributed by atoms with van der Waals surface area (Å²) in [5, 5.41) is 2.01. The van der Waals surface area contributed by atoms with Gasteiger partial charge >= 0.3 is 127 Å². The number of hydrogen-bond donors (Lipinski definition) is 0. The second-order valence-corrected chi connectivity index (χ2v) is 5.99. The second-order valence-electron chi connectivity index (χ2n) is 4.21. The van der Waals surface area contributed by atoms with E-state index in [0.717, 1.165) is 40.9 Å². The van der Waals surface area contributed by atoms with Crippen LogP contribution in [0.2, 0.25) is 0 Å². The average molecular weight is 347 g/mol. The molecule has 0 unspecified atom stereocenters. The van der Waals surface area contributed by atoms with Crippen LogP contribution in [0.25, 0.3) is 10.8 Å². The summed E-state index contributed by atoms with van der Waals surface area (Å²) in [5.74, 6) is 1.42. The first-order valence-electron chi connectivity index (χ1n) is 5.91. The van der Waals surface area contributed by atoms with E-state index in [-0.39, 0.29) is 0 Å². The predicted octanol–water partition coefficient (Wildman–Crippen LogP) is 2.88. The Hall–Kier alpha value is -1.48. The Bertz CT molecular complexity index is 740. The first kappa shape index (κ1) is 12.5. The van der Waals surface area contributed by atoms with Crippen molar-refractivity contribution in [2.45, 2.75) is 0 Å². The quantitative estimate of drug-likeness (QED) is 0.711. The maximum atomic E-state index is 5.94. The number of hydrogen-bond acceptors (Lipinski definition) is 2. The van der Waals surface area contributed by atoms with Crippen LogP contribution in [-0.4, -0.2) is 29.4 Å². The molecule has 4 radical (unpaired) electrons. The summed E-state index contributed by atoms with van der Waals surface area (Å²) >= 11 is 0.999. The number of rotatable bonds is 2. The summed E-state index contributed by atoms with van der Waals surface area (Å²) in [6.07, 6.45) is 0. The summed E-state index contributed by atoms with van der Waals surface area (Å²) in [6.45, 7) is 5.83. The van der Waals surface area contributed by atoms with Crippen molar-refractivity contribution in [3.8, 4) is 11.6 Å². The van der Waals surface area contributed by atoms with Gasteiger partial charge in [0.1, 0.15) is 0 Å². The van der Waals surface area contributed by atoms with Crippen LogP contribution in [0.1, 0.15) is 5.69 Å². The van der Waals surface area contributed by atoms with Crippen molar-refractivity contribution < 1.29 is 4.74 Å². The molecular weight excluding hydrogens is 337 g/mol. The van der Waals surface area contributed by atoms with E-state index in [2.05, 4.69) is 11.1 Å². The Morgan fingerprint density at radius 1 is 1.00 bits per heavy atom. The molecule has 3 heteroatoms. The predicted molar refractivity (Wildman–Crippen MR) is 77.0 cm³/mol. The third kappa shape index (κ3) is 2.61. The summed E-state index contributed by atoms with van der Waals surface area (Å²) in [5.41, 5.74) is 0.471. The van der Waals surface area contributed by atoms with E-state index >= 15 is 0 Å². The van der Waals surface area contributed by atoms with E-state index in [4.69, 9.17) is 11.7 Å². The van der Waals surface area contributed by atoms with E-state index < -0.39 is 0 Å². The van der Waals surface area contributed by atoms with E-state index in [1.807, 2.05) is 48.5 Å². The van der Waals surface area contributed by atoms with Crippen molar-refractivity contribution in [1.29, 1.82) is 0 Å². The van der Waals surface area contributed by atoms with Gasteiger partial charge in [-0.3, -0.25) is 0 Å². The first-order chi connectivity index (χ1) is 9.24. The normalized spacial score (nSPS) is 10.6. The Morgan fingerprint density at radius 3 is 2.58 bits per heavy atom. The van der Waals surface area contributed by atoms with Gasteiger partial charge in [0.2, 0.25) is 0 Å². The second kappa shape index (κ2) is 5.25. The third-order valence-corrected chi connectivity index (χ3v) is 4.21. The van der Waals surface area contributed by atoms with Gasteiger partial charge in [-0.15, -0.1) is 0 Å². The van der Waals surface area contributed by atoms with Crippen molar-refractivity contribution in [2.24, 2.45) is 0 Å². The summed E-state index contributed by atoms with van der Waals surface area (Å²) < 4.78 is 7.14. The molecule has 0 aliphatic heterocycles. The zero-order chi connectivity index (χ0) is 13.2. The molecular formula is C16H10InNO. The average Bonchev–Trinajstić information content (AvgIpc) is 2.41. The maximum absolute atomic E-state index is 5.94. The molecule has 0 aliphatic carbocycles. The van der Waals surface area contributed by atoms with Crippen LogP contribution in [0.5, 0.6) is 11.6 Å². The van der Waals surface area contributed by atoms with Gasteiger partial charge in [-0.1, -0.05) is 0 Å². The zero-order valence-electron chi connectivity index (χ0n) is 10.2. The molecule has 0 fully saturated rings. The molecule has 1 aromatic heterocycles. The molecule has 0 atom stereocenters. The molecule has 0 saturated carbocycles. The van der Waals surface area contributed by atoms with Crippen molar-refractivity contribution in [2.75, 3.05) is 0 Å². The SMILES string of the molecule is [CH]c1cc2ccccc2c(Oc2cccc[c]2[In])n1. The molecule has 0 saturated heterocycles. The molecule has 3 aromatic rings. The zero-order valence-corrected chi connectivity index (χ0v) is 13.5. The minimum absolute atomic E-state index is 0.471. The van der Waals surface area contributed by atoms with Gasteiger partial charge in [-0.25, -0.2) is 0 Å². The van der Waals surface area contributed by atoms with Crippen molar-refractivity contribution in [3.63, 3.8) is 0 Å². The van der Waals surface area contributed by atoms with Gasteiger partial charge in [0.05, 0.1) is 0 Å². The van der Waals surface area contributed by atoms with Crippen LogP contribution >= 0.6 is 0 Å². The fourth-order valence-electron chi connectivity index (χ4n) is 1.94. The molecule has 3 rings (SSSR count). The molecule has 1 heterocycles. The Labute approximate surface area is 127 Å². The molecule has 0 spiro atoms. The number of aromatic nitrogens is 1. The van der Waals surface area contributed by atoms with Crippen molar-refractivity contribution in [1.82, 2.24) is 4.98 Å². The fraction of sp³-hybridized carbons (Fsp3) is 0. The van der Waals surface area contributed by atoms with Crippen molar-refractivity contribution >= 4 is 38.5 Å². The molecule has 2 nitrogen and oxygen atoms in total. The Morgan fingerprint density at radius 2 is 1.74 bits per heavy atom. The molecule has 2 aromatic carbocycles. The number of nitrogens with zero attached hydrogens (tertiary/aromatic N) is 1. The molecule has 88 valence electrons. The van der Waals surface area contributed by atoms with Gasteiger partial charge in [-0.2, -0.15) is 0 Å². The van der Waals surface area contributed by atoms with E-state index in [0.29, 0.717) is 11.6 Å². The molecule has 0 aliphatic rings. The van der Waals surface area contributed by atoms with Gasteiger partial charge in [-0.05, 0) is 0 Å². The topological polar surface area (TPSA) is 22.1 Å². The van der Waals surface area contributed by atoms with Gasteiger partial charge in [0.15, 0.2) is 0 Å². The Kier molecular flexibility index (Phi) is 3.47. The van der Waals surface area contributed by atoms with Crippen LogP contribution in [0.3, 0.4) is 0 Å². The third-order valence-electron chi connectivity index (χ3n) is 2.85. The van der Waals surface area contributed by atoms with Crippen LogP contribution in [0, 0.1) is 6.92 Å². The van der Waals surface area contributed by atoms with E-state index in [1.165, 1.54) is 3.32 Å². The van der Waals surface area contributed by atoms with Crippen molar-refractivity contribution in [3.05, 3.63) is 67.2 Å². The number of fused-ring (bicyclic) bond motifs is 1. The van der Waals surface area contributed by atoms with Crippen LogP contribution in [0.4, 0.5) is 0 Å². The van der Waals surface area contributed by atoms with Crippen LogP contribution in [0.15, 0.2) is 54.6 Å². The van der Waals surface area contributed by atoms with E-state index in [1.54, 1.807) is 0 Å².